The molecule has 0 saturated heterocycles. The Morgan fingerprint density at radius 1 is 1.08 bits per heavy atom. The summed E-state index contributed by atoms with van der Waals surface area (Å²) >= 11 is 0. The van der Waals surface area contributed by atoms with Gasteiger partial charge in [0.05, 0.1) is 0 Å². The fraction of sp³-hybridized carbons (Fsp3) is 1.00. The van der Waals surface area contributed by atoms with Crippen LogP contribution in [0, 0.1) is 5.92 Å². The van der Waals surface area contributed by atoms with Crippen LogP contribution in [0.5, 0.6) is 0 Å². The molecule has 2 fully saturated rings. The average Bonchev–Trinajstić information content (AvgIpc) is 2.89. The lowest BCUT2D eigenvalue weighted by molar-refractivity contribution is 0.254. The zero-order chi connectivity index (χ0) is 8.39. The van der Waals surface area contributed by atoms with E-state index in [4.69, 9.17) is 0 Å². The van der Waals surface area contributed by atoms with Gasteiger partial charge in [-0.15, -0.1) is 0 Å². The minimum Gasteiger partial charge on any atom is -0.311 e. The Morgan fingerprint density at radius 3 is 2.50 bits per heavy atom. The van der Waals surface area contributed by atoms with Crippen molar-refractivity contribution in [2.45, 2.75) is 64.0 Å². The quantitative estimate of drug-likeness (QED) is 0.681. The van der Waals surface area contributed by atoms with Gasteiger partial charge in [0.15, 0.2) is 0 Å². The van der Waals surface area contributed by atoms with Gasteiger partial charge in [0.2, 0.25) is 0 Å². The Balaban J connectivity index is 1.81. The van der Waals surface area contributed by atoms with E-state index in [1.165, 1.54) is 44.9 Å². The van der Waals surface area contributed by atoms with Crippen LogP contribution in [-0.4, -0.2) is 12.1 Å². The van der Waals surface area contributed by atoms with Crippen LogP contribution in [0.25, 0.3) is 0 Å². The van der Waals surface area contributed by atoms with Crippen molar-refractivity contribution in [1.29, 1.82) is 0 Å². The molecular weight excluding hydrogens is 146 g/mol. The molecule has 0 aromatic rings. The first-order valence-corrected chi connectivity index (χ1v) is 5.66. The van der Waals surface area contributed by atoms with Crippen LogP contribution in [-0.2, 0) is 0 Å². The molecule has 0 radical (unpaired) electrons. The molecule has 70 valence electrons. The van der Waals surface area contributed by atoms with Crippen LogP contribution in [0.15, 0.2) is 0 Å². The first kappa shape index (κ1) is 8.55. The third kappa shape index (κ3) is 2.01. The summed E-state index contributed by atoms with van der Waals surface area (Å²) in [5, 5.41) is 3.79. The number of rotatable bonds is 3. The first-order chi connectivity index (χ1) is 5.90. The Morgan fingerprint density at radius 2 is 1.83 bits per heavy atom. The van der Waals surface area contributed by atoms with Crippen LogP contribution in [0.4, 0.5) is 0 Å². The zero-order valence-corrected chi connectivity index (χ0v) is 8.18. The lowest BCUT2D eigenvalue weighted by Crippen LogP contribution is -2.39. The summed E-state index contributed by atoms with van der Waals surface area (Å²) in [6, 6.07) is 1.78. The van der Waals surface area contributed by atoms with E-state index in [-0.39, 0.29) is 0 Å². The Hall–Kier alpha value is -0.0400. The van der Waals surface area contributed by atoms with E-state index < -0.39 is 0 Å². The molecule has 0 aromatic carbocycles. The molecule has 1 N–H and O–H groups in total. The summed E-state index contributed by atoms with van der Waals surface area (Å²) < 4.78 is 0. The molecule has 12 heavy (non-hydrogen) atoms. The molecule has 1 heteroatoms. The maximum Gasteiger partial charge on any atom is 0.00978 e. The fourth-order valence-electron chi connectivity index (χ4n) is 2.47. The van der Waals surface area contributed by atoms with Crippen molar-refractivity contribution in [3.8, 4) is 0 Å². The van der Waals surface area contributed by atoms with Crippen LogP contribution in [0.2, 0.25) is 0 Å². The van der Waals surface area contributed by atoms with Crippen molar-refractivity contribution in [1.82, 2.24) is 5.32 Å². The van der Waals surface area contributed by atoms with Gasteiger partial charge in [0.25, 0.3) is 0 Å². The fourth-order valence-corrected chi connectivity index (χ4v) is 2.47. The van der Waals surface area contributed by atoms with Gasteiger partial charge in [0, 0.05) is 12.1 Å². The summed E-state index contributed by atoms with van der Waals surface area (Å²) in [6.45, 7) is 2.34. The summed E-state index contributed by atoms with van der Waals surface area (Å²) in [4.78, 5) is 0. The molecule has 0 spiro atoms. The van der Waals surface area contributed by atoms with Crippen LogP contribution in [0.3, 0.4) is 0 Å². The molecule has 2 aliphatic rings. The number of hydrogen-bond donors (Lipinski definition) is 1. The molecule has 1 nitrogen and oxygen atoms in total. The van der Waals surface area contributed by atoms with Gasteiger partial charge >= 0.3 is 0 Å². The highest BCUT2D eigenvalue weighted by Crippen LogP contribution is 2.30. The van der Waals surface area contributed by atoms with E-state index in [1.807, 2.05) is 0 Å². The van der Waals surface area contributed by atoms with E-state index in [0.29, 0.717) is 0 Å². The molecule has 0 aliphatic heterocycles. The smallest absolute Gasteiger partial charge is 0.00978 e. The van der Waals surface area contributed by atoms with E-state index in [0.717, 1.165) is 18.0 Å². The molecule has 0 aromatic heterocycles. The van der Waals surface area contributed by atoms with Gasteiger partial charge in [-0.3, -0.25) is 0 Å². The predicted molar refractivity (Wildman–Crippen MR) is 52.2 cm³/mol. The Labute approximate surface area is 75.9 Å². The van der Waals surface area contributed by atoms with E-state index >= 15 is 0 Å². The molecule has 2 saturated carbocycles. The summed E-state index contributed by atoms with van der Waals surface area (Å²) in [7, 11) is 0. The third-order valence-electron chi connectivity index (χ3n) is 3.46. The zero-order valence-electron chi connectivity index (χ0n) is 8.18. The maximum absolute atomic E-state index is 3.79. The largest absolute Gasteiger partial charge is 0.311 e. The van der Waals surface area contributed by atoms with Crippen molar-refractivity contribution in [2.75, 3.05) is 0 Å². The van der Waals surface area contributed by atoms with Crippen LogP contribution >= 0.6 is 0 Å². The topological polar surface area (TPSA) is 12.0 Å². The van der Waals surface area contributed by atoms with Crippen molar-refractivity contribution in [2.24, 2.45) is 5.92 Å². The van der Waals surface area contributed by atoms with Crippen molar-refractivity contribution < 1.29 is 0 Å². The third-order valence-corrected chi connectivity index (χ3v) is 3.46. The molecule has 0 bridgehead atoms. The minimum atomic E-state index is 0.872. The second-order valence-electron chi connectivity index (χ2n) is 4.50. The number of hydrogen-bond acceptors (Lipinski definition) is 1. The first-order valence-electron chi connectivity index (χ1n) is 5.66. The van der Waals surface area contributed by atoms with E-state index in [2.05, 4.69) is 12.2 Å². The minimum absolute atomic E-state index is 0.872. The highest BCUT2D eigenvalue weighted by Gasteiger charge is 2.29. The van der Waals surface area contributed by atoms with Gasteiger partial charge in [-0.1, -0.05) is 26.2 Å². The summed E-state index contributed by atoms with van der Waals surface area (Å²) in [6.07, 6.45) is 10.1. The lowest BCUT2D eigenvalue weighted by atomic mass is 9.83. The van der Waals surface area contributed by atoms with Crippen molar-refractivity contribution >= 4 is 0 Å². The molecule has 2 rings (SSSR count). The van der Waals surface area contributed by atoms with Crippen molar-refractivity contribution in [3.63, 3.8) is 0 Å². The lowest BCUT2D eigenvalue weighted by Gasteiger charge is -2.31. The van der Waals surface area contributed by atoms with Gasteiger partial charge in [-0.25, -0.2) is 0 Å². The standard InChI is InChI=1S/C11H21N/c1-2-9-5-3-4-6-11(9)12-10-7-8-10/h9-12H,2-8H2,1H3/t9-,11-/m0/s1. The predicted octanol–water partition coefficient (Wildman–Crippen LogP) is 2.71. The normalized spacial score (nSPS) is 36.8. The average molecular weight is 167 g/mol. The van der Waals surface area contributed by atoms with Gasteiger partial charge < -0.3 is 5.32 Å². The number of nitrogens with one attached hydrogen (secondary N) is 1. The second-order valence-corrected chi connectivity index (χ2v) is 4.50. The highest BCUT2D eigenvalue weighted by atomic mass is 15.0. The van der Waals surface area contributed by atoms with Crippen LogP contribution < -0.4 is 5.32 Å². The molecular formula is C11H21N. The Bertz CT molecular complexity index is 140. The van der Waals surface area contributed by atoms with Crippen molar-refractivity contribution in [3.05, 3.63) is 0 Å². The molecule has 0 unspecified atom stereocenters. The summed E-state index contributed by atoms with van der Waals surface area (Å²) in [5.74, 6) is 0.986. The monoisotopic (exact) mass is 167 g/mol. The van der Waals surface area contributed by atoms with E-state index in [9.17, 15) is 0 Å². The molecule has 2 atom stereocenters. The second kappa shape index (κ2) is 3.78. The highest BCUT2D eigenvalue weighted by molar-refractivity contribution is 4.89. The van der Waals surface area contributed by atoms with Crippen LogP contribution in [0.1, 0.15) is 51.9 Å². The van der Waals surface area contributed by atoms with E-state index in [1.54, 1.807) is 0 Å². The summed E-state index contributed by atoms with van der Waals surface area (Å²) in [5.41, 5.74) is 0. The Kier molecular flexibility index (Phi) is 2.69. The molecule has 2 aliphatic carbocycles. The SMILES string of the molecule is CC[C@H]1CCCC[C@@H]1NC1CC1. The van der Waals surface area contributed by atoms with Gasteiger partial charge in [0.1, 0.15) is 0 Å². The van der Waals surface area contributed by atoms with Gasteiger partial charge in [-0.05, 0) is 31.6 Å². The molecule has 0 heterocycles. The molecule has 0 amide bonds. The maximum atomic E-state index is 3.79. The van der Waals surface area contributed by atoms with Gasteiger partial charge in [-0.2, -0.15) is 0 Å².